The number of Topliss-reactive ketones (excluding diaryl/α,β-unsaturated/α-hetero) is 2. The van der Waals surface area contributed by atoms with Crippen LogP contribution in [0.1, 0.15) is 118 Å². The standard InChI is InChI=1S/C22H22N4O3S.C15H19N3O.C13H14N2O.C8H6.C6H10O/c1-24-20-6-8-21(9-7-20)30(27,28)26-14-15-29-22(26)10-12-25(13-11-22)17-19-4-2-18(16-23)3-5-19;16-11-13-1-3-14(4-2-13)12-18-8-5-15(6-9-18)17-7-10-19-15;14-9-11-1-3-12(4-2-11)10-15-7-5-13(16)6-8-15;1-3-5-7-8-6-4-2;7-6-4-2-1-3-5-6/h2-9H,10-15,17H2;1-4,17H,5-10,12H2;1-4H,5-8,10H2;1-2H3;1-5H2. The van der Waals surface area contributed by atoms with Crippen LogP contribution < -0.4 is 5.32 Å². The topological polar surface area (TPSA) is 187 Å². The molecule has 15 nitrogen and oxygen atoms in total. The van der Waals surface area contributed by atoms with Crippen molar-refractivity contribution in [2.75, 3.05) is 65.6 Å². The summed E-state index contributed by atoms with van der Waals surface area (Å²) in [6.45, 7) is 21.0. The SMILES string of the molecule is CC#CC#CC#CC.N#Cc1ccc(CN2CCC(=O)CC2)cc1.N#Cc1ccc(CN2CCC3(CC2)NCCO3)cc1.O=C1CCCCC1.[C-]#[N+]c1ccc(S(=O)(=O)N2CCOC23CCN(Cc2ccc(C#N)cc2)CC3)cc1. The van der Waals surface area contributed by atoms with Gasteiger partial charge in [-0.05, 0) is 103 Å². The molecule has 5 saturated heterocycles. The summed E-state index contributed by atoms with van der Waals surface area (Å²) in [5.74, 6) is 16.3. The van der Waals surface area contributed by atoms with E-state index < -0.39 is 15.7 Å². The number of hydrogen-bond acceptors (Lipinski definition) is 13. The van der Waals surface area contributed by atoms with Crippen molar-refractivity contribution in [3.63, 3.8) is 0 Å². The second kappa shape index (κ2) is 32.0. The molecule has 1 aliphatic carbocycles. The number of rotatable bonds is 8. The van der Waals surface area contributed by atoms with Gasteiger partial charge in [-0.1, -0.05) is 78.9 Å². The summed E-state index contributed by atoms with van der Waals surface area (Å²) in [6, 6.07) is 35.5. The first kappa shape index (κ1) is 61.7. The highest BCUT2D eigenvalue weighted by atomic mass is 32.2. The Bertz CT molecular complexity index is 3110. The van der Waals surface area contributed by atoms with Gasteiger partial charge in [0, 0.05) is 123 Å². The summed E-state index contributed by atoms with van der Waals surface area (Å²) >= 11 is 0. The number of likely N-dealkylation sites (tertiary alicyclic amines) is 3. The van der Waals surface area contributed by atoms with Crippen LogP contribution in [0.25, 0.3) is 4.85 Å². The number of nitrogens with one attached hydrogen (secondary N) is 1. The Kier molecular flexibility index (Phi) is 24.7. The Morgan fingerprint density at radius 3 is 1.38 bits per heavy atom. The number of hydrogen-bond donors (Lipinski definition) is 1. The smallest absolute Gasteiger partial charge is 0.245 e. The number of piperidine rings is 3. The summed E-state index contributed by atoms with van der Waals surface area (Å²) in [6.07, 6.45) is 9.91. The van der Waals surface area contributed by atoms with Gasteiger partial charge < -0.3 is 9.47 Å². The molecule has 4 aromatic carbocycles. The van der Waals surface area contributed by atoms with Gasteiger partial charge in [0.15, 0.2) is 5.69 Å². The zero-order chi connectivity index (χ0) is 57.1. The zero-order valence-electron chi connectivity index (χ0n) is 46.1. The summed E-state index contributed by atoms with van der Waals surface area (Å²) in [5.41, 5.74) is 5.23. The van der Waals surface area contributed by atoms with Gasteiger partial charge in [-0.15, -0.1) is 0 Å². The van der Waals surface area contributed by atoms with Gasteiger partial charge >= 0.3 is 0 Å². The van der Waals surface area contributed by atoms with Crippen molar-refractivity contribution in [1.82, 2.24) is 24.3 Å². The third-order valence-corrected chi connectivity index (χ3v) is 16.6. The van der Waals surface area contributed by atoms with E-state index in [0.29, 0.717) is 67.2 Å². The molecular formula is C64H71N9O6S. The van der Waals surface area contributed by atoms with Crippen molar-refractivity contribution >= 4 is 27.3 Å². The number of ketones is 2. The molecule has 4 aromatic rings. The number of carbonyl (C=O) groups excluding carboxylic acids is 2. The third kappa shape index (κ3) is 19.1. The highest BCUT2D eigenvalue weighted by molar-refractivity contribution is 7.89. The van der Waals surface area contributed by atoms with Gasteiger partial charge in [-0.2, -0.15) is 20.1 Å². The maximum absolute atomic E-state index is 13.3. The van der Waals surface area contributed by atoms with E-state index in [1.165, 1.54) is 46.1 Å². The molecule has 1 saturated carbocycles. The number of carbonyl (C=O) groups is 2. The molecule has 2 spiro atoms. The number of nitrogens with zero attached hydrogens (tertiary/aromatic N) is 8. The quantitative estimate of drug-likeness (QED) is 0.130. The predicted molar refractivity (Wildman–Crippen MR) is 307 cm³/mol. The summed E-state index contributed by atoms with van der Waals surface area (Å²) in [7, 11) is -3.70. The monoisotopic (exact) mass is 1090 g/mol. The van der Waals surface area contributed by atoms with Crippen LogP contribution in [0, 0.1) is 76.1 Å². The Labute approximate surface area is 474 Å². The first-order chi connectivity index (χ1) is 38.8. The number of sulfonamides is 1. The molecule has 0 aromatic heterocycles. The third-order valence-electron chi connectivity index (χ3n) is 14.6. The first-order valence-corrected chi connectivity index (χ1v) is 28.8. The van der Waals surface area contributed by atoms with Crippen LogP contribution in [-0.2, 0) is 48.7 Å². The van der Waals surface area contributed by atoms with Crippen molar-refractivity contribution in [2.45, 2.75) is 120 Å². The fraction of sp³-hybridized carbons (Fsp3) is 0.438. The molecule has 5 aliphatic heterocycles. The Morgan fingerprint density at radius 1 is 0.550 bits per heavy atom. The molecule has 1 N–H and O–H groups in total. The van der Waals surface area contributed by atoms with Crippen molar-refractivity contribution in [3.8, 4) is 53.7 Å². The van der Waals surface area contributed by atoms with Crippen LogP contribution in [-0.4, -0.2) is 116 Å². The minimum Gasteiger partial charge on any atom is -0.359 e. The van der Waals surface area contributed by atoms with Gasteiger partial charge in [-0.3, -0.25) is 29.6 Å². The van der Waals surface area contributed by atoms with E-state index in [-0.39, 0.29) is 10.6 Å². The molecule has 0 atom stereocenters. The molecule has 80 heavy (non-hydrogen) atoms. The number of ether oxygens (including phenoxy) is 2. The highest BCUT2D eigenvalue weighted by Gasteiger charge is 2.50. The van der Waals surface area contributed by atoms with E-state index in [2.05, 4.69) is 78.6 Å². The van der Waals surface area contributed by atoms with Gasteiger partial charge in [0.25, 0.3) is 0 Å². The molecule has 0 unspecified atom stereocenters. The predicted octanol–water partition coefficient (Wildman–Crippen LogP) is 8.87. The van der Waals surface area contributed by atoms with Crippen LogP contribution in [0.5, 0.6) is 0 Å². The maximum Gasteiger partial charge on any atom is 0.245 e. The lowest BCUT2D eigenvalue weighted by Gasteiger charge is -2.42. The van der Waals surface area contributed by atoms with Crippen LogP contribution in [0.15, 0.2) is 102 Å². The molecule has 6 aliphatic rings. The number of benzene rings is 4. The van der Waals surface area contributed by atoms with Crippen LogP contribution >= 0.6 is 0 Å². The molecule has 414 valence electrons. The van der Waals surface area contributed by atoms with Gasteiger partial charge in [0.1, 0.15) is 23.0 Å². The average molecular weight is 1090 g/mol. The van der Waals surface area contributed by atoms with E-state index in [1.807, 2.05) is 72.8 Å². The summed E-state index contributed by atoms with van der Waals surface area (Å²) in [5, 5.41) is 29.9. The zero-order valence-corrected chi connectivity index (χ0v) is 47.0. The van der Waals surface area contributed by atoms with Crippen molar-refractivity contribution in [2.24, 2.45) is 0 Å². The average Bonchev–Trinajstić information content (AvgIpc) is 4.15. The van der Waals surface area contributed by atoms with Crippen LogP contribution in [0.3, 0.4) is 0 Å². The first-order valence-electron chi connectivity index (χ1n) is 27.4. The number of nitriles is 3. The van der Waals surface area contributed by atoms with Crippen molar-refractivity contribution in [3.05, 3.63) is 142 Å². The van der Waals surface area contributed by atoms with Crippen LogP contribution in [0.4, 0.5) is 5.69 Å². The van der Waals surface area contributed by atoms with E-state index in [9.17, 15) is 18.0 Å². The molecule has 5 heterocycles. The Morgan fingerprint density at radius 2 is 0.988 bits per heavy atom. The van der Waals surface area contributed by atoms with Crippen molar-refractivity contribution < 1.29 is 27.5 Å². The van der Waals surface area contributed by atoms with E-state index >= 15 is 0 Å². The molecule has 6 fully saturated rings. The van der Waals surface area contributed by atoms with E-state index in [0.717, 1.165) is 122 Å². The molecule has 0 radical (unpaired) electrons. The second-order valence-corrected chi connectivity index (χ2v) is 22.0. The normalized spacial score (nSPS) is 18.4. The second-order valence-electron chi connectivity index (χ2n) is 20.1. The molecule has 16 heteroatoms. The summed E-state index contributed by atoms with van der Waals surface area (Å²) in [4.78, 5) is 32.1. The van der Waals surface area contributed by atoms with Gasteiger partial charge in [0.05, 0.1) is 59.6 Å². The molecule has 10 rings (SSSR count). The molecular weight excluding hydrogens is 1020 g/mol. The molecule has 0 bridgehead atoms. The fourth-order valence-electron chi connectivity index (χ4n) is 10.1. The van der Waals surface area contributed by atoms with Crippen LogP contribution in [0.2, 0.25) is 0 Å². The lowest BCUT2D eigenvalue weighted by atomic mass is 10.00. The fourth-order valence-corrected chi connectivity index (χ4v) is 11.8. The molecule has 0 amide bonds. The summed E-state index contributed by atoms with van der Waals surface area (Å²) < 4.78 is 39.9. The van der Waals surface area contributed by atoms with Crippen molar-refractivity contribution in [1.29, 1.82) is 15.8 Å². The largest absolute Gasteiger partial charge is 0.359 e. The lowest BCUT2D eigenvalue weighted by molar-refractivity contribution is -0.121. The Balaban J connectivity index is 0.000000178. The van der Waals surface area contributed by atoms with Gasteiger partial charge in [0.2, 0.25) is 10.0 Å². The van der Waals surface area contributed by atoms with Gasteiger partial charge in [-0.25, -0.2) is 13.3 Å². The maximum atomic E-state index is 13.3. The highest BCUT2D eigenvalue weighted by Crippen LogP contribution is 2.39. The minimum absolute atomic E-state index is 0.0405. The minimum atomic E-state index is -3.70. The Hall–Kier alpha value is -7.47. The van der Waals surface area contributed by atoms with E-state index in [1.54, 1.807) is 13.8 Å². The van der Waals surface area contributed by atoms with E-state index in [4.69, 9.17) is 31.8 Å². The lowest BCUT2D eigenvalue weighted by Crippen LogP contribution is -2.54.